The quantitative estimate of drug-likeness (QED) is 0.715. The Morgan fingerprint density at radius 1 is 1.05 bits per heavy atom. The third-order valence-corrected chi connectivity index (χ3v) is 3.65. The number of carbonyl (C=O) groups is 1. The fourth-order valence-corrected chi connectivity index (χ4v) is 2.73. The number of hydrogen-bond donors (Lipinski definition) is 2. The number of nitrogens with one attached hydrogen (secondary N) is 1. The molecule has 0 atom stereocenters. The first-order valence-electron chi connectivity index (χ1n) is 6.48. The highest BCUT2D eigenvalue weighted by Gasteiger charge is 2.25. The van der Waals surface area contributed by atoms with Crippen molar-refractivity contribution in [2.24, 2.45) is 4.99 Å². The van der Waals surface area contributed by atoms with Crippen LogP contribution in [-0.2, 0) is 4.79 Å². The second-order valence-electron chi connectivity index (χ2n) is 4.99. The van der Waals surface area contributed by atoms with Gasteiger partial charge in [0.2, 0.25) is 0 Å². The van der Waals surface area contributed by atoms with Crippen LogP contribution in [0.1, 0.15) is 5.56 Å². The number of nitrogens with zero attached hydrogens (tertiary/aromatic N) is 1. The Kier molecular flexibility index (Phi) is 2.45. The highest BCUT2D eigenvalue weighted by atomic mass is 19.1. The van der Waals surface area contributed by atoms with E-state index in [1.54, 1.807) is 0 Å². The van der Waals surface area contributed by atoms with Crippen molar-refractivity contribution >= 4 is 22.4 Å². The van der Waals surface area contributed by atoms with Crippen LogP contribution in [0.4, 0.5) is 8.78 Å². The molecule has 6 heteroatoms. The zero-order chi connectivity index (χ0) is 15.4. The van der Waals surface area contributed by atoms with E-state index in [-0.39, 0.29) is 22.2 Å². The number of rotatable bonds is 1. The zero-order valence-corrected chi connectivity index (χ0v) is 11.0. The van der Waals surface area contributed by atoms with Gasteiger partial charge < -0.3 is 10.1 Å². The monoisotopic (exact) mass is 298 g/mol. The van der Waals surface area contributed by atoms with Crippen molar-refractivity contribution in [3.05, 3.63) is 64.2 Å². The molecule has 0 spiro atoms. The van der Waals surface area contributed by atoms with Gasteiger partial charge in [-0.05, 0) is 36.4 Å². The lowest BCUT2D eigenvalue weighted by molar-refractivity contribution is -0.112. The number of benzene rings is 2. The smallest absolute Gasteiger partial charge is 0.279 e. The number of amides is 1. The summed E-state index contributed by atoms with van der Waals surface area (Å²) in [5.41, 5.74) is 0.663. The van der Waals surface area contributed by atoms with Crippen LogP contribution >= 0.6 is 0 Å². The lowest BCUT2D eigenvalue weighted by Gasteiger charge is -2.00. The summed E-state index contributed by atoms with van der Waals surface area (Å²) in [4.78, 5) is 18.7. The standard InChI is InChI=1S/C16H8F2N2O2/c17-7-1-3-11-9(5-7)13(15(21)19-11)14-10-6-8(18)2-4-12(10)20-16(14)22/h1-6,19,21H. The SMILES string of the molecule is O=C1N=c2ccc(F)cc2=C1c1c(O)[nH]c2ccc(F)cc12. The molecule has 0 radical (unpaired) electrons. The molecule has 108 valence electrons. The maximum atomic E-state index is 13.5. The van der Waals surface area contributed by atoms with Gasteiger partial charge in [-0.15, -0.1) is 0 Å². The van der Waals surface area contributed by atoms with E-state index < -0.39 is 17.5 Å². The topological polar surface area (TPSA) is 65.4 Å². The molecule has 0 fully saturated rings. The molecule has 22 heavy (non-hydrogen) atoms. The predicted molar refractivity (Wildman–Crippen MR) is 74.6 cm³/mol. The number of hydrogen-bond acceptors (Lipinski definition) is 2. The van der Waals surface area contributed by atoms with Gasteiger partial charge >= 0.3 is 0 Å². The number of aromatic nitrogens is 1. The molecule has 2 aromatic carbocycles. The Morgan fingerprint density at radius 3 is 2.59 bits per heavy atom. The van der Waals surface area contributed by atoms with Gasteiger partial charge in [0.05, 0.1) is 16.5 Å². The summed E-state index contributed by atoms with van der Waals surface area (Å²) in [5, 5.41) is 11.1. The van der Waals surface area contributed by atoms with Crippen molar-refractivity contribution in [3.8, 4) is 5.88 Å². The fraction of sp³-hybridized carbons (Fsp3) is 0. The Bertz CT molecular complexity index is 1080. The first-order valence-corrected chi connectivity index (χ1v) is 6.48. The average Bonchev–Trinajstić information content (AvgIpc) is 2.94. The zero-order valence-electron chi connectivity index (χ0n) is 11.0. The summed E-state index contributed by atoms with van der Waals surface area (Å²) in [6.07, 6.45) is 0. The first kappa shape index (κ1) is 12.7. The van der Waals surface area contributed by atoms with Crippen LogP contribution in [0.2, 0.25) is 0 Å². The number of aromatic hydroxyl groups is 1. The Morgan fingerprint density at radius 2 is 1.77 bits per heavy atom. The van der Waals surface area contributed by atoms with Gasteiger partial charge in [0.1, 0.15) is 11.6 Å². The van der Waals surface area contributed by atoms with E-state index in [1.807, 2.05) is 0 Å². The summed E-state index contributed by atoms with van der Waals surface area (Å²) in [5.74, 6) is -1.90. The van der Waals surface area contributed by atoms with E-state index in [9.17, 15) is 18.7 Å². The third-order valence-electron chi connectivity index (χ3n) is 3.65. The molecule has 0 saturated carbocycles. The largest absolute Gasteiger partial charge is 0.494 e. The lowest BCUT2D eigenvalue weighted by atomic mass is 10.0. The molecule has 2 N–H and O–H groups in total. The van der Waals surface area contributed by atoms with Crippen molar-refractivity contribution in [2.45, 2.75) is 0 Å². The van der Waals surface area contributed by atoms with Crippen LogP contribution in [0.3, 0.4) is 0 Å². The van der Waals surface area contributed by atoms with Gasteiger partial charge in [-0.25, -0.2) is 13.8 Å². The molecule has 3 aromatic rings. The Hall–Kier alpha value is -3.02. The summed E-state index contributed by atoms with van der Waals surface area (Å²) in [6.45, 7) is 0. The minimum atomic E-state index is -0.596. The molecule has 4 rings (SSSR count). The first-order chi connectivity index (χ1) is 10.5. The fourth-order valence-electron chi connectivity index (χ4n) is 2.73. The third kappa shape index (κ3) is 1.67. The van der Waals surface area contributed by atoms with Crippen LogP contribution in [0, 0.1) is 11.6 Å². The van der Waals surface area contributed by atoms with Crippen LogP contribution in [-0.4, -0.2) is 16.0 Å². The molecule has 0 aliphatic carbocycles. The van der Waals surface area contributed by atoms with Crippen molar-refractivity contribution in [1.29, 1.82) is 0 Å². The van der Waals surface area contributed by atoms with Gasteiger partial charge in [0.25, 0.3) is 5.91 Å². The van der Waals surface area contributed by atoms with Crippen LogP contribution < -0.4 is 10.6 Å². The number of carbonyl (C=O) groups excluding carboxylic acids is 1. The van der Waals surface area contributed by atoms with Crippen LogP contribution in [0.5, 0.6) is 5.88 Å². The minimum absolute atomic E-state index is 0.0591. The molecule has 1 aromatic heterocycles. The molecular formula is C16H8F2N2O2. The number of fused-ring (bicyclic) bond motifs is 2. The van der Waals surface area contributed by atoms with Gasteiger partial charge in [-0.1, -0.05) is 0 Å². The molecule has 2 heterocycles. The van der Waals surface area contributed by atoms with E-state index in [0.717, 1.165) is 0 Å². The molecule has 1 amide bonds. The average molecular weight is 298 g/mol. The predicted octanol–water partition coefficient (Wildman–Crippen LogP) is 1.51. The van der Waals surface area contributed by atoms with Crippen molar-refractivity contribution < 1.29 is 18.7 Å². The van der Waals surface area contributed by atoms with E-state index in [4.69, 9.17) is 0 Å². The van der Waals surface area contributed by atoms with Crippen molar-refractivity contribution in [3.63, 3.8) is 0 Å². The minimum Gasteiger partial charge on any atom is -0.494 e. The van der Waals surface area contributed by atoms with Gasteiger partial charge in [0.15, 0.2) is 5.88 Å². The van der Waals surface area contributed by atoms with E-state index in [1.165, 1.54) is 36.4 Å². The summed E-state index contributed by atoms with van der Waals surface area (Å²) < 4.78 is 27.0. The molecule has 4 nitrogen and oxygen atoms in total. The van der Waals surface area contributed by atoms with Crippen LogP contribution in [0.15, 0.2) is 41.4 Å². The van der Waals surface area contributed by atoms with Crippen LogP contribution in [0.25, 0.3) is 16.5 Å². The normalized spacial score (nSPS) is 13.5. The molecule has 0 saturated heterocycles. The summed E-state index contributed by atoms with van der Waals surface area (Å²) in [7, 11) is 0. The summed E-state index contributed by atoms with van der Waals surface area (Å²) >= 11 is 0. The maximum Gasteiger partial charge on any atom is 0.279 e. The Balaban J connectivity index is 2.18. The van der Waals surface area contributed by atoms with Crippen molar-refractivity contribution in [1.82, 2.24) is 4.98 Å². The molecule has 1 aliphatic heterocycles. The Labute approximate surface area is 122 Å². The van der Waals surface area contributed by atoms with Gasteiger partial charge in [0, 0.05) is 16.1 Å². The van der Waals surface area contributed by atoms with E-state index in [2.05, 4.69) is 9.98 Å². The molecule has 0 bridgehead atoms. The van der Waals surface area contributed by atoms with Crippen molar-refractivity contribution in [2.75, 3.05) is 0 Å². The highest BCUT2D eigenvalue weighted by Crippen LogP contribution is 2.33. The number of H-pyrrole nitrogens is 1. The van der Waals surface area contributed by atoms with Gasteiger partial charge in [-0.3, -0.25) is 4.79 Å². The lowest BCUT2D eigenvalue weighted by Crippen LogP contribution is -2.23. The second-order valence-corrected chi connectivity index (χ2v) is 4.99. The van der Waals surface area contributed by atoms with Gasteiger partial charge in [-0.2, -0.15) is 0 Å². The second kappa shape index (κ2) is 4.24. The maximum absolute atomic E-state index is 13.5. The van der Waals surface area contributed by atoms with E-state index in [0.29, 0.717) is 16.3 Å². The van der Waals surface area contributed by atoms with E-state index >= 15 is 0 Å². The molecule has 0 unspecified atom stereocenters. The number of aromatic amines is 1. The summed E-state index contributed by atoms with van der Waals surface area (Å²) in [6, 6.07) is 7.67. The molecular weight excluding hydrogens is 290 g/mol. The highest BCUT2D eigenvalue weighted by molar-refractivity contribution is 6.24. The number of halogens is 2. The molecule has 1 aliphatic rings.